The summed E-state index contributed by atoms with van der Waals surface area (Å²) in [5.74, 6) is 0. The van der Waals surface area contributed by atoms with Gasteiger partial charge in [-0.25, -0.2) is 0 Å². The number of benzene rings is 3. The first-order valence-corrected chi connectivity index (χ1v) is 9.10. The van der Waals surface area contributed by atoms with Crippen LogP contribution in [-0.4, -0.2) is 4.57 Å². The van der Waals surface area contributed by atoms with Crippen molar-refractivity contribution in [2.45, 2.75) is 0 Å². The van der Waals surface area contributed by atoms with Gasteiger partial charge in [0.1, 0.15) is 0 Å². The summed E-state index contributed by atoms with van der Waals surface area (Å²) < 4.78 is 6.19. The average Bonchev–Trinajstić information content (AvgIpc) is 3.09. The van der Waals surface area contributed by atoms with Gasteiger partial charge in [-0.3, -0.25) is 0 Å². The van der Waals surface area contributed by atoms with Crippen LogP contribution in [0.3, 0.4) is 0 Å². The van der Waals surface area contributed by atoms with Crippen molar-refractivity contribution in [2.75, 3.05) is 0 Å². The van der Waals surface area contributed by atoms with E-state index in [1.807, 2.05) is 11.3 Å². The number of hydrogen-bond acceptors (Lipinski definition) is 1. The Kier molecular flexibility index (Phi) is 2.87. The number of para-hydroxylation sites is 1. The molecule has 5 rings (SSSR count). The van der Waals surface area contributed by atoms with E-state index >= 15 is 0 Å². The highest BCUT2D eigenvalue weighted by molar-refractivity contribution is 9.10. The Morgan fingerprint density at radius 3 is 2.43 bits per heavy atom. The lowest BCUT2D eigenvalue weighted by Gasteiger charge is -2.07. The molecule has 0 aliphatic heterocycles. The Labute approximate surface area is 145 Å². The molecular formula is C20H12BrNS. The lowest BCUT2D eigenvalue weighted by molar-refractivity contribution is 1.19. The van der Waals surface area contributed by atoms with Crippen molar-refractivity contribution in [2.24, 2.45) is 0 Å². The number of fused-ring (bicyclic) bond motifs is 5. The van der Waals surface area contributed by atoms with E-state index in [1.165, 1.54) is 36.9 Å². The zero-order chi connectivity index (χ0) is 15.4. The number of rotatable bonds is 1. The molecule has 3 heteroatoms. The predicted octanol–water partition coefficient (Wildman–Crippen LogP) is 6.76. The van der Waals surface area contributed by atoms with Crippen molar-refractivity contribution < 1.29 is 0 Å². The summed E-state index contributed by atoms with van der Waals surface area (Å²) in [7, 11) is 0. The highest BCUT2D eigenvalue weighted by atomic mass is 79.9. The molecule has 2 aromatic heterocycles. The van der Waals surface area contributed by atoms with E-state index in [-0.39, 0.29) is 0 Å². The molecule has 2 heterocycles. The molecule has 23 heavy (non-hydrogen) atoms. The topological polar surface area (TPSA) is 4.93 Å². The molecule has 0 fully saturated rings. The normalized spacial score (nSPS) is 11.7. The van der Waals surface area contributed by atoms with Gasteiger partial charge in [0.25, 0.3) is 0 Å². The van der Waals surface area contributed by atoms with Gasteiger partial charge >= 0.3 is 0 Å². The van der Waals surface area contributed by atoms with Crippen molar-refractivity contribution in [3.8, 4) is 5.69 Å². The maximum absolute atomic E-state index is 3.62. The molecule has 0 radical (unpaired) electrons. The van der Waals surface area contributed by atoms with Crippen LogP contribution in [0.2, 0.25) is 0 Å². The molecule has 3 aromatic carbocycles. The van der Waals surface area contributed by atoms with E-state index in [1.54, 1.807) is 0 Å². The number of thiophene rings is 1. The summed E-state index contributed by atoms with van der Waals surface area (Å²) in [5.41, 5.74) is 3.76. The molecule has 0 aliphatic carbocycles. The molecule has 0 bridgehead atoms. The standard InChI is InChI=1S/C20H12BrNS/c21-13-10-11-15-17(12-13)22(14-6-2-1-3-7-14)19-16-8-4-5-9-18(16)23-20(15)19/h1-12H. The Balaban J connectivity index is 2.08. The minimum absolute atomic E-state index is 1.11. The van der Waals surface area contributed by atoms with Crippen LogP contribution in [0, 0.1) is 0 Å². The first kappa shape index (κ1) is 13.3. The second-order valence-electron chi connectivity index (χ2n) is 5.61. The molecule has 0 atom stereocenters. The molecular weight excluding hydrogens is 366 g/mol. The fourth-order valence-electron chi connectivity index (χ4n) is 3.28. The van der Waals surface area contributed by atoms with Crippen LogP contribution < -0.4 is 0 Å². The van der Waals surface area contributed by atoms with Crippen LogP contribution in [0.25, 0.3) is 36.9 Å². The fraction of sp³-hybridized carbons (Fsp3) is 0. The van der Waals surface area contributed by atoms with Gasteiger partial charge in [0.2, 0.25) is 0 Å². The molecule has 5 aromatic rings. The molecule has 0 spiro atoms. The predicted molar refractivity (Wildman–Crippen MR) is 104 cm³/mol. The van der Waals surface area contributed by atoms with E-state index in [9.17, 15) is 0 Å². The number of hydrogen-bond donors (Lipinski definition) is 0. The van der Waals surface area contributed by atoms with Gasteiger partial charge in [-0.1, -0.05) is 58.4 Å². The number of aromatic nitrogens is 1. The summed E-state index contributed by atoms with van der Waals surface area (Å²) in [6.45, 7) is 0. The summed E-state index contributed by atoms with van der Waals surface area (Å²) >= 11 is 5.50. The van der Waals surface area contributed by atoms with Crippen LogP contribution in [0.4, 0.5) is 0 Å². The van der Waals surface area contributed by atoms with E-state index in [0.717, 1.165) is 4.47 Å². The van der Waals surface area contributed by atoms with Crippen molar-refractivity contribution in [3.63, 3.8) is 0 Å². The van der Waals surface area contributed by atoms with E-state index < -0.39 is 0 Å². The highest BCUT2D eigenvalue weighted by Crippen LogP contribution is 2.42. The summed E-state index contributed by atoms with van der Waals surface area (Å²) in [6, 6.07) is 25.8. The fourth-order valence-corrected chi connectivity index (χ4v) is 4.85. The third kappa shape index (κ3) is 1.90. The van der Waals surface area contributed by atoms with Crippen molar-refractivity contribution >= 4 is 58.5 Å². The lowest BCUT2D eigenvalue weighted by Crippen LogP contribution is -1.92. The van der Waals surface area contributed by atoms with Crippen LogP contribution in [-0.2, 0) is 0 Å². The summed E-state index contributed by atoms with van der Waals surface area (Å²) in [5, 5.41) is 2.64. The highest BCUT2D eigenvalue weighted by Gasteiger charge is 2.17. The van der Waals surface area contributed by atoms with Gasteiger partial charge in [-0.2, -0.15) is 0 Å². The first-order chi connectivity index (χ1) is 11.3. The second kappa shape index (κ2) is 4.95. The molecule has 0 aliphatic rings. The molecule has 110 valence electrons. The molecule has 0 N–H and O–H groups in total. The van der Waals surface area contributed by atoms with Crippen LogP contribution >= 0.6 is 27.3 Å². The van der Waals surface area contributed by atoms with Crippen molar-refractivity contribution in [3.05, 3.63) is 77.3 Å². The van der Waals surface area contributed by atoms with Gasteiger partial charge < -0.3 is 4.57 Å². The van der Waals surface area contributed by atoms with Crippen LogP contribution in [0.1, 0.15) is 0 Å². The monoisotopic (exact) mass is 377 g/mol. The molecule has 0 unspecified atom stereocenters. The van der Waals surface area contributed by atoms with Gasteiger partial charge in [0.05, 0.1) is 15.7 Å². The first-order valence-electron chi connectivity index (χ1n) is 7.49. The van der Waals surface area contributed by atoms with Gasteiger partial charge in [-0.15, -0.1) is 11.3 Å². The minimum atomic E-state index is 1.11. The largest absolute Gasteiger partial charge is 0.308 e. The zero-order valence-electron chi connectivity index (χ0n) is 12.2. The third-order valence-electron chi connectivity index (χ3n) is 4.25. The maximum Gasteiger partial charge on any atom is 0.0727 e. The molecule has 0 saturated carbocycles. The maximum atomic E-state index is 3.62. The number of halogens is 1. The Bertz CT molecular complexity index is 1170. The lowest BCUT2D eigenvalue weighted by atomic mass is 10.2. The van der Waals surface area contributed by atoms with Crippen molar-refractivity contribution in [1.82, 2.24) is 4.57 Å². The summed E-state index contributed by atoms with van der Waals surface area (Å²) in [6.07, 6.45) is 0. The zero-order valence-corrected chi connectivity index (χ0v) is 14.6. The Hall–Kier alpha value is -2.10. The van der Waals surface area contributed by atoms with Gasteiger partial charge in [0, 0.05) is 25.6 Å². The Morgan fingerprint density at radius 2 is 1.57 bits per heavy atom. The SMILES string of the molecule is Brc1ccc2c3sc4ccccc4c3n(-c3ccccc3)c2c1. The van der Waals surface area contributed by atoms with Crippen LogP contribution in [0.15, 0.2) is 77.3 Å². The van der Waals surface area contributed by atoms with E-state index in [2.05, 4.69) is 93.3 Å². The van der Waals surface area contributed by atoms with Gasteiger partial charge in [-0.05, 0) is 30.3 Å². The third-order valence-corrected chi connectivity index (χ3v) is 5.94. The minimum Gasteiger partial charge on any atom is -0.308 e. The second-order valence-corrected chi connectivity index (χ2v) is 7.58. The summed E-state index contributed by atoms with van der Waals surface area (Å²) in [4.78, 5) is 0. The van der Waals surface area contributed by atoms with Crippen molar-refractivity contribution in [1.29, 1.82) is 0 Å². The van der Waals surface area contributed by atoms with Gasteiger partial charge in [0.15, 0.2) is 0 Å². The number of nitrogens with zero attached hydrogens (tertiary/aromatic N) is 1. The average molecular weight is 378 g/mol. The Morgan fingerprint density at radius 1 is 0.783 bits per heavy atom. The molecule has 0 amide bonds. The van der Waals surface area contributed by atoms with Crippen LogP contribution in [0.5, 0.6) is 0 Å². The molecule has 1 nitrogen and oxygen atoms in total. The smallest absolute Gasteiger partial charge is 0.0727 e. The van der Waals surface area contributed by atoms with E-state index in [0.29, 0.717) is 0 Å². The molecule has 0 saturated heterocycles. The quantitative estimate of drug-likeness (QED) is 0.304. The van der Waals surface area contributed by atoms with E-state index in [4.69, 9.17) is 0 Å².